The van der Waals surface area contributed by atoms with Crippen LogP contribution < -0.4 is 16.2 Å². The first-order valence-electron chi connectivity index (χ1n) is 14.0. The third-order valence-electron chi connectivity index (χ3n) is 8.53. The molecular formula is C29H39FN6O5. The number of carbonyl (C=O) groups excluding carboxylic acids is 3. The number of likely N-dealkylation sites (N-methyl/N-ethyl adjacent to an activating group) is 1. The summed E-state index contributed by atoms with van der Waals surface area (Å²) < 4.78 is 15.0. The number of hydrogen-bond donors (Lipinski definition) is 3. The Labute approximate surface area is 238 Å². The van der Waals surface area contributed by atoms with E-state index in [9.17, 15) is 28.7 Å². The molecule has 0 unspecified atom stereocenters. The molecule has 1 aromatic carbocycles. The summed E-state index contributed by atoms with van der Waals surface area (Å²) in [6, 6.07) is 4.42. The number of aryl methyl sites for hydroxylation is 1. The third kappa shape index (κ3) is 5.83. The van der Waals surface area contributed by atoms with Gasteiger partial charge in [-0.3, -0.25) is 23.7 Å². The van der Waals surface area contributed by atoms with Gasteiger partial charge in [-0.25, -0.2) is 9.37 Å². The highest BCUT2D eigenvalue weighted by Crippen LogP contribution is 2.50. The summed E-state index contributed by atoms with van der Waals surface area (Å²) in [6.07, 6.45) is 2.12. The number of aromatic nitrogens is 2. The first-order valence-corrected chi connectivity index (χ1v) is 14.0. The largest absolute Gasteiger partial charge is 0.501 e. The van der Waals surface area contributed by atoms with Gasteiger partial charge in [0.05, 0.1) is 5.54 Å². The highest BCUT2D eigenvalue weighted by Gasteiger charge is 2.52. The monoisotopic (exact) mass is 570 g/mol. The number of aromatic hydroxyl groups is 1. The van der Waals surface area contributed by atoms with Crippen molar-refractivity contribution in [2.75, 3.05) is 33.7 Å². The molecule has 1 fully saturated rings. The summed E-state index contributed by atoms with van der Waals surface area (Å²) >= 11 is 0. The molecule has 222 valence electrons. The van der Waals surface area contributed by atoms with Crippen molar-refractivity contribution in [3.05, 3.63) is 57.0 Å². The van der Waals surface area contributed by atoms with Gasteiger partial charge in [-0.15, -0.1) is 0 Å². The topological polar surface area (TPSA) is 137 Å². The molecule has 2 aliphatic heterocycles. The number of benzene rings is 1. The molecule has 0 spiro atoms. The van der Waals surface area contributed by atoms with Crippen LogP contribution in [0.4, 0.5) is 4.39 Å². The van der Waals surface area contributed by atoms with E-state index in [-0.39, 0.29) is 30.1 Å². The predicted octanol–water partition coefficient (Wildman–Crippen LogP) is 1.64. The zero-order valence-corrected chi connectivity index (χ0v) is 24.3. The Balaban J connectivity index is 1.76. The maximum Gasteiger partial charge on any atom is 0.311 e. The number of fused-ring (bicyclic) bond motifs is 2. The van der Waals surface area contributed by atoms with E-state index >= 15 is 0 Å². The maximum atomic E-state index is 13.7. The summed E-state index contributed by atoms with van der Waals surface area (Å²) in [5.41, 5.74) is -1.69. The number of hydrogen-bond acceptors (Lipinski definition) is 7. The van der Waals surface area contributed by atoms with Gasteiger partial charge >= 0.3 is 11.8 Å². The first kappa shape index (κ1) is 30.2. The van der Waals surface area contributed by atoms with Crippen LogP contribution in [-0.2, 0) is 28.2 Å². The molecule has 1 aromatic heterocycles. The van der Waals surface area contributed by atoms with Crippen LogP contribution in [0.3, 0.4) is 0 Å². The fourth-order valence-corrected chi connectivity index (χ4v) is 6.01. The Morgan fingerprint density at radius 3 is 2.37 bits per heavy atom. The molecule has 41 heavy (non-hydrogen) atoms. The van der Waals surface area contributed by atoms with Gasteiger partial charge in [-0.1, -0.05) is 26.0 Å². The molecule has 0 radical (unpaired) electrons. The maximum absolute atomic E-state index is 13.7. The average Bonchev–Trinajstić information content (AvgIpc) is 3.16. The molecule has 1 saturated carbocycles. The quantitative estimate of drug-likeness (QED) is 0.411. The molecule has 3 heterocycles. The molecule has 1 aliphatic carbocycles. The zero-order valence-electron chi connectivity index (χ0n) is 24.3. The lowest BCUT2D eigenvalue weighted by Crippen LogP contribution is -2.54. The summed E-state index contributed by atoms with van der Waals surface area (Å²) in [5.74, 6) is -3.36. The van der Waals surface area contributed by atoms with Gasteiger partial charge < -0.3 is 25.5 Å². The Hall–Kier alpha value is -3.80. The first-order chi connectivity index (χ1) is 19.3. The number of nitrogens with one attached hydrogen (secondary N) is 2. The van der Waals surface area contributed by atoms with Gasteiger partial charge in [0.25, 0.3) is 11.5 Å². The van der Waals surface area contributed by atoms with Crippen LogP contribution in [0.25, 0.3) is 0 Å². The minimum atomic E-state index is -1.18. The third-order valence-corrected chi connectivity index (χ3v) is 8.53. The Morgan fingerprint density at radius 1 is 1.12 bits per heavy atom. The molecule has 3 amide bonds. The van der Waals surface area contributed by atoms with Crippen molar-refractivity contribution in [2.24, 2.45) is 5.41 Å². The predicted molar refractivity (Wildman–Crippen MR) is 150 cm³/mol. The van der Waals surface area contributed by atoms with Gasteiger partial charge in [0.1, 0.15) is 11.6 Å². The summed E-state index contributed by atoms with van der Waals surface area (Å²) in [7, 11) is 2.95. The van der Waals surface area contributed by atoms with E-state index in [1.54, 1.807) is 13.0 Å². The van der Waals surface area contributed by atoms with E-state index in [0.717, 1.165) is 13.1 Å². The smallest absolute Gasteiger partial charge is 0.311 e. The molecule has 3 N–H and O–H groups in total. The molecule has 0 atom stereocenters. The van der Waals surface area contributed by atoms with Gasteiger partial charge in [0.15, 0.2) is 5.69 Å². The van der Waals surface area contributed by atoms with E-state index in [1.165, 1.54) is 35.7 Å². The number of rotatable bonds is 8. The van der Waals surface area contributed by atoms with Gasteiger partial charge in [0, 0.05) is 39.1 Å². The molecule has 5 rings (SSSR count). The second kappa shape index (κ2) is 11.6. The second-order valence-electron chi connectivity index (χ2n) is 11.5. The molecule has 3 aliphatic rings. The average molecular weight is 571 g/mol. The number of nitrogens with zero attached hydrogens (tertiary/aromatic N) is 4. The lowest BCUT2D eigenvalue weighted by molar-refractivity contribution is -0.145. The van der Waals surface area contributed by atoms with E-state index in [1.807, 2.05) is 0 Å². The lowest BCUT2D eigenvalue weighted by atomic mass is 9.68. The second-order valence-corrected chi connectivity index (χ2v) is 11.5. The van der Waals surface area contributed by atoms with E-state index in [2.05, 4.69) is 34.4 Å². The van der Waals surface area contributed by atoms with Crippen molar-refractivity contribution in [1.29, 1.82) is 0 Å². The van der Waals surface area contributed by atoms with Crippen LogP contribution in [-0.4, -0.2) is 75.9 Å². The van der Waals surface area contributed by atoms with Crippen LogP contribution in [0.1, 0.15) is 67.0 Å². The van der Waals surface area contributed by atoms with Crippen LogP contribution in [0, 0.1) is 18.2 Å². The normalized spacial score (nSPS) is 21.2. The Kier molecular flexibility index (Phi) is 8.53. The SMILES string of the molecule is CCN(CC)CC12CCC(NC(=O)C(=O)N(C)C)(CC1)c1nc(C(=O)NCc3ccc(F)c(C)c3)c(O)c(=O)n1C2. The fourth-order valence-electron chi connectivity index (χ4n) is 6.01. The van der Waals surface area contributed by atoms with Crippen molar-refractivity contribution < 1.29 is 23.9 Å². The molecule has 12 heteroatoms. The van der Waals surface area contributed by atoms with Crippen molar-refractivity contribution >= 4 is 17.7 Å². The highest BCUT2D eigenvalue weighted by atomic mass is 19.1. The van der Waals surface area contributed by atoms with Gasteiger partial charge in [0.2, 0.25) is 5.75 Å². The van der Waals surface area contributed by atoms with Crippen molar-refractivity contribution in [1.82, 2.24) is 30.0 Å². The lowest BCUT2D eigenvalue weighted by Gasteiger charge is -2.44. The summed E-state index contributed by atoms with van der Waals surface area (Å²) in [5, 5.41) is 16.4. The van der Waals surface area contributed by atoms with Crippen LogP contribution in [0.2, 0.25) is 0 Å². The molecular weight excluding hydrogens is 531 g/mol. The minimum Gasteiger partial charge on any atom is -0.501 e. The van der Waals surface area contributed by atoms with Gasteiger partial charge in [-0.2, -0.15) is 0 Å². The summed E-state index contributed by atoms with van der Waals surface area (Å²) in [6.45, 7) is 8.40. The van der Waals surface area contributed by atoms with Crippen molar-refractivity contribution in [3.8, 4) is 5.75 Å². The fraction of sp³-hybridized carbons (Fsp3) is 0.552. The van der Waals surface area contributed by atoms with E-state index in [4.69, 9.17) is 0 Å². The van der Waals surface area contributed by atoms with E-state index < -0.39 is 40.3 Å². The van der Waals surface area contributed by atoms with Crippen LogP contribution in [0.15, 0.2) is 23.0 Å². The molecule has 2 aromatic rings. The van der Waals surface area contributed by atoms with Crippen molar-refractivity contribution in [3.63, 3.8) is 0 Å². The number of halogens is 1. The standard InChI is InChI=1S/C29H39FN6O5/c1-6-35(7-2)16-28-10-12-29(13-11-28,33-24(39)26(41)34(4)5)27-32-21(22(37)25(40)36(27)17-28)23(38)31-15-19-8-9-20(30)18(3)14-19/h8-9,14,37H,6-7,10-13,15-17H2,1-5H3,(H,31,38)(H,33,39). The molecule has 11 nitrogen and oxygen atoms in total. The number of carbonyl (C=O) groups is 3. The molecule has 2 bridgehead atoms. The van der Waals surface area contributed by atoms with Crippen LogP contribution in [0.5, 0.6) is 5.75 Å². The Morgan fingerprint density at radius 2 is 1.78 bits per heavy atom. The number of amides is 3. The Bertz CT molecular complexity index is 1410. The highest BCUT2D eigenvalue weighted by molar-refractivity contribution is 6.35. The van der Waals surface area contributed by atoms with Gasteiger partial charge in [-0.05, 0) is 62.9 Å². The van der Waals surface area contributed by atoms with Crippen LogP contribution >= 0.6 is 0 Å². The summed E-state index contributed by atoms with van der Waals surface area (Å²) in [4.78, 5) is 60.4. The zero-order chi connectivity index (χ0) is 30.1. The minimum absolute atomic E-state index is 0.0195. The van der Waals surface area contributed by atoms with E-state index in [0.29, 0.717) is 43.4 Å². The molecule has 0 saturated heterocycles. The van der Waals surface area contributed by atoms with Crippen molar-refractivity contribution in [2.45, 2.75) is 65.1 Å².